The summed E-state index contributed by atoms with van der Waals surface area (Å²) in [5, 5.41) is 29.6. The van der Waals surface area contributed by atoms with Crippen LogP contribution < -0.4 is 5.32 Å². The van der Waals surface area contributed by atoms with Gasteiger partial charge in [-0.25, -0.2) is 4.79 Å². The predicted octanol–water partition coefficient (Wildman–Crippen LogP) is 2.71. The Morgan fingerprint density at radius 3 is 2.29 bits per heavy atom. The van der Waals surface area contributed by atoms with Gasteiger partial charge in [-0.15, -0.1) is 10.2 Å². The van der Waals surface area contributed by atoms with Crippen LogP contribution in [0.2, 0.25) is 0 Å². The molecule has 0 aliphatic carbocycles. The highest BCUT2D eigenvalue weighted by atomic mass is 16.4. The summed E-state index contributed by atoms with van der Waals surface area (Å²) in [6, 6.07) is 22.3. The molecule has 0 aliphatic heterocycles. The maximum Gasteiger partial charge on any atom is 0.332 e. The number of aliphatic hydroxyl groups excluding tert-OH is 1. The molecule has 0 radical (unpaired) electrons. The molecule has 172 valence electrons. The summed E-state index contributed by atoms with van der Waals surface area (Å²) in [6.45, 7) is 0. The summed E-state index contributed by atoms with van der Waals surface area (Å²) in [4.78, 5) is 31.0. The SMILES string of the molecule is O=C(NC(Cc1ccc(-c2ccccc2)cc1)CC(O)C(=O)O)c1nnc(-c2ccccn2)[nH]1. The molecule has 0 fully saturated rings. The lowest BCUT2D eigenvalue weighted by Crippen LogP contribution is -2.41. The molecule has 34 heavy (non-hydrogen) atoms. The Labute approximate surface area is 195 Å². The summed E-state index contributed by atoms with van der Waals surface area (Å²) in [7, 11) is 0. The number of carboxylic acids is 1. The number of rotatable bonds is 9. The molecule has 2 aromatic carbocycles. The average molecular weight is 457 g/mol. The predicted molar refractivity (Wildman–Crippen MR) is 125 cm³/mol. The number of aliphatic carboxylic acids is 1. The number of aromatic amines is 1. The number of H-pyrrole nitrogens is 1. The van der Waals surface area contributed by atoms with Crippen LogP contribution in [-0.4, -0.2) is 54.4 Å². The van der Waals surface area contributed by atoms with Crippen LogP contribution >= 0.6 is 0 Å². The van der Waals surface area contributed by atoms with Gasteiger partial charge in [0.25, 0.3) is 5.91 Å². The molecule has 0 aliphatic rings. The quantitative estimate of drug-likeness (QED) is 0.303. The van der Waals surface area contributed by atoms with Gasteiger partial charge in [0.1, 0.15) is 5.69 Å². The van der Waals surface area contributed by atoms with Gasteiger partial charge in [-0.1, -0.05) is 60.7 Å². The van der Waals surface area contributed by atoms with Gasteiger partial charge in [0.2, 0.25) is 5.82 Å². The van der Waals surface area contributed by atoms with E-state index in [9.17, 15) is 14.7 Å². The summed E-state index contributed by atoms with van der Waals surface area (Å²) >= 11 is 0. The highest BCUT2D eigenvalue weighted by molar-refractivity contribution is 5.91. The van der Waals surface area contributed by atoms with Crippen molar-refractivity contribution < 1.29 is 19.8 Å². The lowest BCUT2D eigenvalue weighted by atomic mass is 9.98. The number of hydrogen-bond acceptors (Lipinski definition) is 6. The molecule has 2 aromatic heterocycles. The van der Waals surface area contributed by atoms with E-state index < -0.39 is 24.0 Å². The van der Waals surface area contributed by atoms with Crippen molar-refractivity contribution in [1.82, 2.24) is 25.5 Å². The van der Waals surface area contributed by atoms with Gasteiger partial charge in [0, 0.05) is 18.7 Å². The van der Waals surface area contributed by atoms with E-state index in [1.165, 1.54) is 0 Å². The van der Waals surface area contributed by atoms with E-state index in [1.54, 1.807) is 24.4 Å². The number of aromatic nitrogens is 4. The second-order valence-electron chi connectivity index (χ2n) is 7.76. The second kappa shape index (κ2) is 10.5. The lowest BCUT2D eigenvalue weighted by molar-refractivity contribution is -0.147. The summed E-state index contributed by atoms with van der Waals surface area (Å²) in [6.07, 6.45) is 0.145. The molecular weight excluding hydrogens is 434 g/mol. The molecule has 4 N–H and O–H groups in total. The van der Waals surface area contributed by atoms with Gasteiger partial charge in [0.05, 0.1) is 0 Å². The topological polar surface area (TPSA) is 141 Å². The van der Waals surface area contributed by atoms with Gasteiger partial charge in [-0.3, -0.25) is 9.78 Å². The largest absolute Gasteiger partial charge is 0.479 e. The number of pyridine rings is 1. The number of carboxylic acid groups (broad SMARTS) is 1. The third-order valence-electron chi connectivity index (χ3n) is 5.28. The molecule has 4 rings (SSSR count). The van der Waals surface area contributed by atoms with E-state index in [0.717, 1.165) is 16.7 Å². The number of aliphatic hydroxyl groups is 1. The zero-order chi connectivity index (χ0) is 23.9. The van der Waals surface area contributed by atoms with Gasteiger partial charge < -0.3 is 20.5 Å². The molecule has 9 heteroatoms. The van der Waals surface area contributed by atoms with Crippen molar-refractivity contribution >= 4 is 11.9 Å². The summed E-state index contributed by atoms with van der Waals surface area (Å²) in [5.74, 6) is -1.60. The fourth-order valence-electron chi connectivity index (χ4n) is 3.55. The van der Waals surface area contributed by atoms with Crippen LogP contribution in [0, 0.1) is 0 Å². The fraction of sp³-hybridized carbons (Fsp3) is 0.160. The van der Waals surface area contributed by atoms with Crippen molar-refractivity contribution in [2.24, 2.45) is 0 Å². The number of nitrogens with one attached hydrogen (secondary N) is 2. The van der Waals surface area contributed by atoms with Crippen LogP contribution in [-0.2, 0) is 11.2 Å². The van der Waals surface area contributed by atoms with Crippen molar-refractivity contribution in [3.8, 4) is 22.6 Å². The van der Waals surface area contributed by atoms with Gasteiger partial charge in [0.15, 0.2) is 11.9 Å². The molecule has 0 bridgehead atoms. The van der Waals surface area contributed by atoms with Crippen molar-refractivity contribution in [2.75, 3.05) is 0 Å². The number of amides is 1. The first-order valence-corrected chi connectivity index (χ1v) is 10.7. The zero-order valence-corrected chi connectivity index (χ0v) is 18.1. The molecular formula is C25H23N5O4. The summed E-state index contributed by atoms with van der Waals surface area (Å²) < 4.78 is 0. The van der Waals surface area contributed by atoms with E-state index in [-0.39, 0.29) is 12.2 Å². The third kappa shape index (κ3) is 5.70. The molecule has 1 amide bonds. The first kappa shape index (κ1) is 22.8. The highest BCUT2D eigenvalue weighted by Gasteiger charge is 2.24. The highest BCUT2D eigenvalue weighted by Crippen LogP contribution is 2.20. The smallest absolute Gasteiger partial charge is 0.332 e. The summed E-state index contributed by atoms with van der Waals surface area (Å²) in [5.41, 5.74) is 3.54. The number of carbonyl (C=O) groups is 2. The fourth-order valence-corrected chi connectivity index (χ4v) is 3.55. The normalized spacial score (nSPS) is 12.6. The number of hydrogen-bond donors (Lipinski definition) is 4. The van der Waals surface area contributed by atoms with Crippen LogP contribution in [0.5, 0.6) is 0 Å². The standard InChI is InChI=1S/C25H23N5O4/c31-21(25(33)34)15-19(14-16-9-11-18(12-10-16)17-6-2-1-3-7-17)27-24(32)23-28-22(29-30-23)20-8-4-5-13-26-20/h1-13,19,21,31H,14-15H2,(H,27,32)(H,33,34)(H,28,29,30). The molecule has 2 heterocycles. The number of benzene rings is 2. The van der Waals surface area contributed by atoms with E-state index in [4.69, 9.17) is 5.11 Å². The Morgan fingerprint density at radius 2 is 1.62 bits per heavy atom. The third-order valence-corrected chi connectivity index (χ3v) is 5.28. The van der Waals surface area contributed by atoms with Crippen LogP contribution in [0.25, 0.3) is 22.6 Å². The number of carbonyl (C=O) groups excluding carboxylic acids is 1. The van der Waals surface area contributed by atoms with Crippen molar-refractivity contribution in [2.45, 2.75) is 25.0 Å². The Kier molecular flexibility index (Phi) is 7.04. The molecule has 2 atom stereocenters. The minimum Gasteiger partial charge on any atom is -0.479 e. The maximum absolute atomic E-state index is 12.8. The van der Waals surface area contributed by atoms with Crippen LogP contribution in [0.3, 0.4) is 0 Å². The van der Waals surface area contributed by atoms with Gasteiger partial charge >= 0.3 is 5.97 Å². The lowest BCUT2D eigenvalue weighted by Gasteiger charge is -2.20. The molecule has 9 nitrogen and oxygen atoms in total. The Bertz CT molecular complexity index is 1240. The minimum absolute atomic E-state index is 0.0325. The second-order valence-corrected chi connectivity index (χ2v) is 7.76. The molecule has 2 unspecified atom stereocenters. The Balaban J connectivity index is 1.48. The zero-order valence-electron chi connectivity index (χ0n) is 18.1. The maximum atomic E-state index is 12.8. The van der Waals surface area contributed by atoms with Crippen molar-refractivity contribution in [3.63, 3.8) is 0 Å². The Morgan fingerprint density at radius 1 is 0.912 bits per heavy atom. The van der Waals surface area contributed by atoms with Crippen molar-refractivity contribution in [3.05, 3.63) is 90.4 Å². The average Bonchev–Trinajstić information content (AvgIpc) is 3.36. The monoisotopic (exact) mass is 457 g/mol. The molecule has 0 saturated carbocycles. The van der Waals surface area contributed by atoms with Gasteiger partial charge in [-0.05, 0) is 35.2 Å². The Hall–Kier alpha value is -4.37. The van der Waals surface area contributed by atoms with Crippen LogP contribution in [0.4, 0.5) is 0 Å². The molecule has 0 saturated heterocycles. The van der Waals surface area contributed by atoms with E-state index in [2.05, 4.69) is 25.5 Å². The van der Waals surface area contributed by atoms with Crippen molar-refractivity contribution in [1.29, 1.82) is 0 Å². The van der Waals surface area contributed by atoms with E-state index in [0.29, 0.717) is 17.9 Å². The van der Waals surface area contributed by atoms with Crippen LogP contribution in [0.15, 0.2) is 79.0 Å². The van der Waals surface area contributed by atoms with Crippen LogP contribution in [0.1, 0.15) is 22.6 Å². The van der Waals surface area contributed by atoms with E-state index in [1.807, 2.05) is 54.6 Å². The first-order valence-electron chi connectivity index (χ1n) is 10.7. The minimum atomic E-state index is -1.62. The van der Waals surface area contributed by atoms with Gasteiger partial charge in [-0.2, -0.15) is 0 Å². The molecule has 4 aromatic rings. The molecule has 0 spiro atoms. The van der Waals surface area contributed by atoms with E-state index >= 15 is 0 Å². The number of nitrogens with zero attached hydrogens (tertiary/aromatic N) is 3. The first-order chi connectivity index (χ1) is 16.5.